The zero-order valence-corrected chi connectivity index (χ0v) is 41.7. The Labute approximate surface area is 409 Å². The second-order valence-corrected chi connectivity index (χ2v) is 19.1. The van der Waals surface area contributed by atoms with Crippen LogP contribution in [0.15, 0.2) is 73.1 Å². The van der Waals surface area contributed by atoms with Crippen molar-refractivity contribution in [1.82, 2.24) is 20.2 Å². The van der Waals surface area contributed by atoms with Gasteiger partial charge in [-0.3, -0.25) is 14.4 Å². The highest BCUT2D eigenvalue weighted by Gasteiger charge is 2.54. The maximum atomic E-state index is 14.6. The number of cyclic esters (lactones) is 1. The van der Waals surface area contributed by atoms with Crippen molar-refractivity contribution in [3.05, 3.63) is 84.4 Å². The van der Waals surface area contributed by atoms with Crippen molar-refractivity contribution in [3.63, 3.8) is 0 Å². The number of halogens is 1. The number of nitrogens with two attached hydrogens (primary N) is 1. The molecule has 2 aromatic carbocycles. The molecule has 2 aliphatic heterocycles. The number of alkyl carbamates (subject to hydrolysis) is 1. The molecule has 5 rings (SSSR count). The average molecular weight is 979 g/mol. The lowest BCUT2D eigenvalue weighted by Crippen LogP contribution is -2.63. The van der Waals surface area contributed by atoms with E-state index in [1.54, 1.807) is 59.2 Å². The number of carbonyl (C=O) groups excluding carboxylic acids is 4. The summed E-state index contributed by atoms with van der Waals surface area (Å²) in [6, 6.07) is 12.7. The number of anilines is 1. The van der Waals surface area contributed by atoms with Crippen LogP contribution in [-0.4, -0.2) is 137 Å². The molecular weight excluding hydrogens is 908 g/mol. The molecule has 0 radical (unpaired) electrons. The standard InChI is InChI=1S/C51H71FN6O12/c1-11-39-51(8,65-28-59)43(53)31(4)40(60)29(2)27-50(7,70-48(63)56-23-12-14-34-15-17-35(18-16-34)45-54-24-13-25-55-45)44(69-47-41(61)38(58(9)10)26-30(3)66-47)32(5)42(33(6)46(62)67-39)68-49(64)57-37-21-19-36(52)20-22-37/h12-22,24-25,28-33,38-39,41-44,47,49,57,61,64H,11,23,26-27,53H2,1-10H3,(H,56,63)/b14-12+/t29-,30-,31+,32+,33-,38+,39-,41-,42+,43-,44-,47+,49?,50-,51-/m1/s1. The largest absolute Gasteiger partial charge is 0.458 e. The van der Waals surface area contributed by atoms with Crippen LogP contribution in [0.4, 0.5) is 14.9 Å². The summed E-state index contributed by atoms with van der Waals surface area (Å²) >= 11 is 0. The number of likely N-dealkylation sites (N-methyl/N-ethyl adjacent to an activating group) is 1. The van der Waals surface area contributed by atoms with E-state index in [1.807, 2.05) is 56.3 Å². The van der Waals surface area contributed by atoms with Crippen LogP contribution in [0.1, 0.15) is 80.2 Å². The van der Waals surface area contributed by atoms with Crippen LogP contribution in [0.3, 0.4) is 0 Å². The summed E-state index contributed by atoms with van der Waals surface area (Å²) < 4.78 is 51.5. The van der Waals surface area contributed by atoms with Gasteiger partial charge >= 0.3 is 12.1 Å². The number of nitrogens with zero attached hydrogens (tertiary/aromatic N) is 3. The summed E-state index contributed by atoms with van der Waals surface area (Å²) in [5, 5.41) is 28.9. The Morgan fingerprint density at radius 3 is 2.30 bits per heavy atom. The Morgan fingerprint density at radius 1 is 1.03 bits per heavy atom. The Kier molecular flexibility index (Phi) is 19.5. The molecule has 18 nitrogen and oxygen atoms in total. The molecular formula is C51H71FN6O12. The fourth-order valence-electron chi connectivity index (χ4n) is 9.65. The first-order valence-electron chi connectivity index (χ1n) is 23.7. The number of esters is 1. The number of amides is 1. The molecule has 3 heterocycles. The number of aromatic nitrogens is 2. The summed E-state index contributed by atoms with van der Waals surface area (Å²) in [5.41, 5.74) is 5.24. The van der Waals surface area contributed by atoms with Gasteiger partial charge in [0.15, 0.2) is 17.7 Å². The van der Waals surface area contributed by atoms with Crippen LogP contribution in [0.5, 0.6) is 0 Å². The Morgan fingerprint density at radius 2 is 1.69 bits per heavy atom. The lowest BCUT2D eigenvalue weighted by molar-refractivity contribution is -0.302. The highest BCUT2D eigenvalue weighted by Crippen LogP contribution is 2.41. The van der Waals surface area contributed by atoms with Crippen LogP contribution in [0, 0.1) is 29.5 Å². The third-order valence-electron chi connectivity index (χ3n) is 13.6. The van der Waals surface area contributed by atoms with Crippen molar-refractivity contribution in [1.29, 1.82) is 0 Å². The number of aliphatic hydroxyl groups is 2. The number of ether oxygens (including phenoxy) is 6. The van der Waals surface area contributed by atoms with E-state index in [1.165, 1.54) is 38.1 Å². The van der Waals surface area contributed by atoms with Crippen LogP contribution in [0.2, 0.25) is 0 Å². The van der Waals surface area contributed by atoms with E-state index in [2.05, 4.69) is 20.6 Å². The molecule has 3 aromatic rings. The second kappa shape index (κ2) is 24.6. The van der Waals surface area contributed by atoms with Crippen molar-refractivity contribution >= 4 is 36.1 Å². The molecule has 1 aromatic heterocycles. The topological polar surface area (TPSA) is 243 Å². The molecule has 1 amide bonds. The molecule has 70 heavy (non-hydrogen) atoms. The van der Waals surface area contributed by atoms with Crippen molar-refractivity contribution in [2.24, 2.45) is 29.4 Å². The molecule has 6 N–H and O–H groups in total. The lowest BCUT2D eigenvalue weighted by atomic mass is 9.73. The maximum Gasteiger partial charge on any atom is 0.408 e. The number of ketones is 1. The van der Waals surface area contributed by atoms with Gasteiger partial charge in [-0.05, 0) is 96.9 Å². The number of nitrogens with one attached hydrogen (secondary N) is 2. The summed E-state index contributed by atoms with van der Waals surface area (Å²) in [4.78, 5) is 65.9. The van der Waals surface area contributed by atoms with Crippen LogP contribution in [-0.2, 0) is 42.8 Å². The third-order valence-corrected chi connectivity index (χ3v) is 13.6. The lowest BCUT2D eigenvalue weighted by Gasteiger charge is -2.48. The van der Waals surface area contributed by atoms with Gasteiger partial charge in [-0.25, -0.2) is 19.2 Å². The second-order valence-electron chi connectivity index (χ2n) is 19.1. The molecule has 384 valence electrons. The van der Waals surface area contributed by atoms with E-state index >= 15 is 0 Å². The first kappa shape index (κ1) is 55.5. The summed E-state index contributed by atoms with van der Waals surface area (Å²) in [5.74, 6) is -5.47. The highest BCUT2D eigenvalue weighted by atomic mass is 19.1. The SMILES string of the molecule is CC[C@H]1OC(=O)[C@H](C)[C@@H](OC(O)Nc2ccc(F)cc2)[C@H](C)[C@@H](O[C@@H]2O[C@H](C)C[C@H](N(C)C)[C@H]2O)[C@](C)(OC(=O)NC/C=C/c2ccc(-c3ncccn3)cc2)C[C@@H](C)C(=O)[C@H](C)[C@@H](N)[C@]1(C)OC=O. The van der Waals surface area contributed by atoms with Gasteiger partial charge in [0, 0.05) is 54.0 Å². The number of Topliss-reactive ketones (excluding diaryl/α,β-unsaturated/α-hetero) is 1. The van der Waals surface area contributed by atoms with Gasteiger partial charge in [-0.1, -0.05) is 64.1 Å². The third kappa shape index (κ3) is 13.7. The maximum absolute atomic E-state index is 14.6. The fraction of sp³-hybridized carbons (Fsp3) is 0.569. The number of benzene rings is 2. The molecule has 0 spiro atoms. The number of carbonyl (C=O) groups is 4. The molecule has 2 saturated heterocycles. The summed E-state index contributed by atoms with van der Waals surface area (Å²) in [6.45, 7) is 13.2. The minimum atomic E-state index is -1.84. The molecule has 2 aliphatic rings. The van der Waals surface area contributed by atoms with Gasteiger partial charge in [0.25, 0.3) is 6.47 Å². The van der Waals surface area contributed by atoms with E-state index in [4.69, 9.17) is 34.2 Å². The number of aliphatic hydroxyl groups excluding tert-OH is 2. The highest BCUT2D eigenvalue weighted by molar-refractivity contribution is 5.84. The molecule has 0 saturated carbocycles. The minimum Gasteiger partial charge on any atom is -0.458 e. The van der Waals surface area contributed by atoms with Crippen molar-refractivity contribution < 1.29 is 62.2 Å². The molecule has 0 bridgehead atoms. The van der Waals surface area contributed by atoms with Crippen LogP contribution >= 0.6 is 0 Å². The summed E-state index contributed by atoms with van der Waals surface area (Å²) in [6.07, 6.45) is -2.45. The molecule has 1 unspecified atom stereocenters. The Hall–Kier alpha value is -5.41. The van der Waals surface area contributed by atoms with Gasteiger partial charge in [0.05, 0.1) is 24.2 Å². The van der Waals surface area contributed by atoms with Gasteiger partial charge in [-0.15, -0.1) is 0 Å². The molecule has 19 heteroatoms. The molecule has 2 fully saturated rings. The normalized spacial score (nSPS) is 32.9. The predicted octanol–water partition coefficient (Wildman–Crippen LogP) is 5.46. The zero-order chi connectivity index (χ0) is 51.5. The number of rotatable bonds is 15. The predicted molar refractivity (Wildman–Crippen MR) is 258 cm³/mol. The van der Waals surface area contributed by atoms with E-state index in [9.17, 15) is 33.8 Å². The zero-order valence-electron chi connectivity index (χ0n) is 41.7. The van der Waals surface area contributed by atoms with Gasteiger partial charge in [0.2, 0.25) is 6.41 Å². The van der Waals surface area contributed by atoms with Crippen LogP contribution in [0.25, 0.3) is 17.5 Å². The number of hydrogen-bond donors (Lipinski definition) is 5. The van der Waals surface area contributed by atoms with Crippen molar-refractivity contribution in [2.45, 2.75) is 141 Å². The average Bonchev–Trinajstić information content (AvgIpc) is 3.33. The molecule has 15 atom stereocenters. The van der Waals surface area contributed by atoms with E-state index in [0.717, 1.165) is 11.1 Å². The smallest absolute Gasteiger partial charge is 0.408 e. The summed E-state index contributed by atoms with van der Waals surface area (Å²) in [7, 11) is 3.63. The van der Waals surface area contributed by atoms with Gasteiger partial charge in [-0.2, -0.15) is 0 Å². The molecule has 0 aliphatic carbocycles. The van der Waals surface area contributed by atoms with Crippen molar-refractivity contribution in [3.8, 4) is 11.4 Å². The van der Waals surface area contributed by atoms with E-state index < -0.39 is 114 Å². The first-order valence-corrected chi connectivity index (χ1v) is 23.7. The minimum absolute atomic E-state index is 0.0101. The van der Waals surface area contributed by atoms with Crippen molar-refractivity contribution in [2.75, 3.05) is 26.0 Å². The fourth-order valence-corrected chi connectivity index (χ4v) is 9.65. The first-order chi connectivity index (χ1) is 33.1. The Bertz CT molecular complexity index is 2210. The quantitative estimate of drug-likeness (QED) is 0.0549. The van der Waals surface area contributed by atoms with Gasteiger partial charge < -0.3 is 59.9 Å². The Balaban J connectivity index is 1.59. The van der Waals surface area contributed by atoms with E-state index in [-0.39, 0.29) is 31.5 Å². The number of hydrogen-bond acceptors (Lipinski definition) is 17. The van der Waals surface area contributed by atoms with Crippen LogP contribution < -0.4 is 16.4 Å². The van der Waals surface area contributed by atoms with Gasteiger partial charge in [0.1, 0.15) is 35.5 Å². The monoisotopic (exact) mass is 979 g/mol. The van der Waals surface area contributed by atoms with E-state index in [0.29, 0.717) is 12.2 Å².